The monoisotopic (exact) mass is 683 g/mol. The van der Waals surface area contributed by atoms with Gasteiger partial charge in [0, 0.05) is 12.1 Å². The zero-order valence-corrected chi connectivity index (χ0v) is 27.1. The Morgan fingerprint density at radius 2 is 1.98 bits per heavy atom. The van der Waals surface area contributed by atoms with Crippen molar-refractivity contribution in [1.29, 1.82) is 0 Å². The molecule has 0 aromatic carbocycles. The third kappa shape index (κ3) is 8.88. The summed E-state index contributed by atoms with van der Waals surface area (Å²) in [6.07, 6.45) is 3.31. The van der Waals surface area contributed by atoms with Crippen molar-refractivity contribution in [2.75, 3.05) is 25.0 Å². The molecule has 0 bridgehead atoms. The van der Waals surface area contributed by atoms with E-state index in [4.69, 9.17) is 16.3 Å². The zero-order chi connectivity index (χ0) is 33.1. The third-order valence-electron chi connectivity index (χ3n) is 8.21. The Morgan fingerprint density at radius 3 is 2.67 bits per heavy atom. The van der Waals surface area contributed by atoms with Crippen LogP contribution in [-0.4, -0.2) is 65.5 Å². The molecule has 3 N–H and O–H groups in total. The van der Waals surface area contributed by atoms with E-state index in [0.29, 0.717) is 24.0 Å². The standard InChI is InChI=1S/C30H37ClF3N7O4S/c1-29(2)15-19(16-36-29)6-3-4-12-35-24-7-5-8-26(38-24)46(43,44)40-28(42)22-9-10-25(39-27(22)31)41-18-21(17-37-41)45-13-11-20-14-23(20)30(32,33)34/h5,7-10,17-20,23,36H,3-4,6,11-16H2,1-2H3,(H,35,38)(H,40,42). The average molecular weight is 684 g/mol. The molecule has 1 aliphatic carbocycles. The number of amides is 1. The van der Waals surface area contributed by atoms with Crippen LogP contribution in [0.4, 0.5) is 19.0 Å². The van der Waals surface area contributed by atoms with Gasteiger partial charge in [0.2, 0.25) is 0 Å². The van der Waals surface area contributed by atoms with Gasteiger partial charge in [-0.15, -0.1) is 0 Å². The van der Waals surface area contributed by atoms with E-state index in [1.54, 1.807) is 6.07 Å². The van der Waals surface area contributed by atoms with Crippen LogP contribution in [0.15, 0.2) is 47.8 Å². The number of pyridine rings is 2. The van der Waals surface area contributed by atoms with Gasteiger partial charge in [-0.2, -0.15) is 26.7 Å². The molecular formula is C30H37ClF3N7O4S. The number of ether oxygens (including phenoxy) is 1. The van der Waals surface area contributed by atoms with Crippen LogP contribution in [0.25, 0.3) is 5.82 Å². The quantitative estimate of drug-likeness (QED) is 0.151. The van der Waals surface area contributed by atoms with E-state index >= 15 is 0 Å². The number of carbonyl (C=O) groups is 1. The Labute approximate surface area is 270 Å². The van der Waals surface area contributed by atoms with Gasteiger partial charge in [-0.1, -0.05) is 24.1 Å². The molecule has 4 heterocycles. The van der Waals surface area contributed by atoms with E-state index < -0.39 is 33.9 Å². The molecule has 1 saturated heterocycles. The van der Waals surface area contributed by atoms with E-state index in [2.05, 4.69) is 39.5 Å². The number of nitrogens with zero attached hydrogens (tertiary/aromatic N) is 4. The smallest absolute Gasteiger partial charge is 0.392 e. The summed E-state index contributed by atoms with van der Waals surface area (Å²) in [6, 6.07) is 7.20. The van der Waals surface area contributed by atoms with E-state index in [9.17, 15) is 26.4 Å². The van der Waals surface area contributed by atoms with Crippen LogP contribution in [0.5, 0.6) is 5.75 Å². The lowest BCUT2D eigenvalue weighted by atomic mass is 9.93. The molecule has 250 valence electrons. The highest BCUT2D eigenvalue weighted by Gasteiger charge is 2.55. The molecule has 3 aromatic rings. The van der Waals surface area contributed by atoms with Crippen molar-refractivity contribution < 1.29 is 31.1 Å². The maximum Gasteiger partial charge on any atom is 0.392 e. The van der Waals surface area contributed by atoms with Crippen molar-refractivity contribution in [3.63, 3.8) is 0 Å². The number of rotatable bonds is 14. The van der Waals surface area contributed by atoms with Crippen molar-refractivity contribution >= 4 is 33.3 Å². The van der Waals surface area contributed by atoms with Crippen molar-refractivity contribution in [2.45, 2.75) is 69.1 Å². The lowest BCUT2D eigenvalue weighted by Crippen LogP contribution is -2.31. The van der Waals surface area contributed by atoms with Gasteiger partial charge >= 0.3 is 6.18 Å². The number of halogens is 4. The van der Waals surface area contributed by atoms with Crippen LogP contribution in [0.2, 0.25) is 5.15 Å². The number of carbonyl (C=O) groups excluding carboxylic acids is 1. The second-order valence-corrected chi connectivity index (χ2v) is 14.4. The van der Waals surface area contributed by atoms with Crippen LogP contribution >= 0.6 is 11.6 Å². The highest BCUT2D eigenvalue weighted by atomic mass is 35.5. The molecule has 2 aliphatic rings. The number of nitrogens with one attached hydrogen (secondary N) is 3. The van der Waals surface area contributed by atoms with Crippen LogP contribution in [0.1, 0.15) is 62.7 Å². The van der Waals surface area contributed by atoms with Gasteiger partial charge in [0.05, 0.1) is 30.5 Å². The Kier molecular flexibility index (Phi) is 10.1. The number of sulfonamides is 1. The van der Waals surface area contributed by atoms with Gasteiger partial charge in [0.1, 0.15) is 11.0 Å². The van der Waals surface area contributed by atoms with E-state index in [1.165, 1.54) is 41.3 Å². The van der Waals surface area contributed by atoms with Crippen LogP contribution in [0, 0.1) is 17.8 Å². The summed E-state index contributed by atoms with van der Waals surface area (Å²) in [6.45, 7) is 6.19. The minimum absolute atomic E-state index is 0.107. The van der Waals surface area contributed by atoms with Crippen LogP contribution in [-0.2, 0) is 10.0 Å². The Morgan fingerprint density at radius 1 is 1.17 bits per heavy atom. The van der Waals surface area contributed by atoms with E-state index in [1.807, 2.05) is 4.72 Å². The lowest BCUT2D eigenvalue weighted by molar-refractivity contribution is -0.151. The number of alkyl halides is 3. The predicted molar refractivity (Wildman–Crippen MR) is 166 cm³/mol. The van der Waals surface area contributed by atoms with Gasteiger partial charge in [-0.3, -0.25) is 4.79 Å². The van der Waals surface area contributed by atoms with Crippen molar-refractivity contribution in [3.05, 3.63) is 53.4 Å². The molecule has 3 unspecified atom stereocenters. The number of hydrogen-bond donors (Lipinski definition) is 3. The largest absolute Gasteiger partial charge is 0.490 e. The summed E-state index contributed by atoms with van der Waals surface area (Å²) in [4.78, 5) is 21.2. The summed E-state index contributed by atoms with van der Waals surface area (Å²) < 4.78 is 72.8. The maximum absolute atomic E-state index is 13.0. The summed E-state index contributed by atoms with van der Waals surface area (Å²) in [5.74, 6) is -1.10. The SMILES string of the molecule is CC1(C)CC(CCCCNc2cccc(S(=O)(=O)NC(=O)c3ccc(-n4cc(OCCC5CC5C(F)(F)F)cn4)nc3Cl)n2)CN1. The Hall–Kier alpha value is -3.43. The third-order valence-corrected chi connectivity index (χ3v) is 9.73. The molecule has 1 amide bonds. The lowest BCUT2D eigenvalue weighted by Gasteiger charge is -2.17. The van der Waals surface area contributed by atoms with Gasteiger partial charge in [-0.25, -0.2) is 19.4 Å². The topological polar surface area (TPSA) is 140 Å². The van der Waals surface area contributed by atoms with Crippen molar-refractivity contribution in [3.8, 4) is 11.6 Å². The summed E-state index contributed by atoms with van der Waals surface area (Å²) in [7, 11) is -4.33. The first kappa shape index (κ1) is 33.9. The average Bonchev–Trinajstić information content (AvgIpc) is 3.48. The predicted octanol–water partition coefficient (Wildman–Crippen LogP) is 5.37. The second kappa shape index (κ2) is 13.7. The molecule has 0 radical (unpaired) electrons. The van der Waals surface area contributed by atoms with Crippen LogP contribution in [0.3, 0.4) is 0 Å². The number of unbranched alkanes of at least 4 members (excludes halogenated alkanes) is 1. The van der Waals surface area contributed by atoms with Crippen LogP contribution < -0.4 is 20.1 Å². The molecule has 11 nitrogen and oxygen atoms in total. The molecule has 1 saturated carbocycles. The fraction of sp³-hybridized carbons (Fsp3) is 0.533. The van der Waals surface area contributed by atoms with Gasteiger partial charge < -0.3 is 15.4 Å². The zero-order valence-electron chi connectivity index (χ0n) is 25.5. The van der Waals surface area contributed by atoms with Gasteiger partial charge in [0.25, 0.3) is 15.9 Å². The number of aromatic nitrogens is 4. The van der Waals surface area contributed by atoms with E-state index in [-0.39, 0.29) is 46.5 Å². The minimum Gasteiger partial charge on any atom is -0.490 e. The molecule has 5 rings (SSSR count). The summed E-state index contributed by atoms with van der Waals surface area (Å²) >= 11 is 6.23. The fourth-order valence-electron chi connectivity index (χ4n) is 5.68. The Balaban J connectivity index is 1.10. The van der Waals surface area contributed by atoms with Crippen molar-refractivity contribution in [2.24, 2.45) is 17.8 Å². The fourth-order valence-corrected chi connectivity index (χ4v) is 6.85. The molecule has 3 aromatic heterocycles. The first-order chi connectivity index (χ1) is 21.7. The van der Waals surface area contributed by atoms with Crippen molar-refractivity contribution in [1.82, 2.24) is 29.8 Å². The molecular weight excluding hydrogens is 647 g/mol. The summed E-state index contributed by atoms with van der Waals surface area (Å²) in [5.41, 5.74) is 0.00684. The molecule has 0 spiro atoms. The molecule has 46 heavy (non-hydrogen) atoms. The van der Waals surface area contributed by atoms with Gasteiger partial charge in [-0.05, 0) is 88.6 Å². The normalized spacial score (nSPS) is 20.8. The number of anilines is 1. The maximum atomic E-state index is 13.0. The molecule has 3 atom stereocenters. The molecule has 2 fully saturated rings. The van der Waals surface area contributed by atoms with Gasteiger partial charge in [0.15, 0.2) is 16.6 Å². The van der Waals surface area contributed by atoms with E-state index in [0.717, 1.165) is 32.2 Å². The highest BCUT2D eigenvalue weighted by Crippen LogP contribution is 2.51. The Bertz CT molecular complexity index is 1650. The minimum atomic E-state index is -4.33. The second-order valence-electron chi connectivity index (χ2n) is 12.5. The molecule has 16 heteroatoms. The highest BCUT2D eigenvalue weighted by molar-refractivity contribution is 7.90. The number of hydrogen-bond acceptors (Lipinski definition) is 9. The summed E-state index contributed by atoms with van der Waals surface area (Å²) in [5, 5.41) is 10.2. The first-order valence-corrected chi connectivity index (χ1v) is 17.0. The molecule has 1 aliphatic heterocycles. The first-order valence-electron chi connectivity index (χ1n) is 15.1.